The van der Waals surface area contributed by atoms with Gasteiger partial charge in [0.05, 0.1) is 12.7 Å². The van der Waals surface area contributed by atoms with Crippen molar-refractivity contribution >= 4 is 17.1 Å². The number of H-pyrrole nitrogens is 1. The topological polar surface area (TPSA) is 112 Å². The van der Waals surface area contributed by atoms with Gasteiger partial charge in [0, 0.05) is 24.3 Å². The Hall–Kier alpha value is -1.09. The molecule has 3 heterocycles. The first kappa shape index (κ1) is 27.5. The van der Waals surface area contributed by atoms with Crippen LogP contribution in [0.2, 0.25) is 22.2 Å². The van der Waals surface area contributed by atoms with Crippen LogP contribution in [0.3, 0.4) is 0 Å². The molecule has 9 nitrogen and oxygen atoms in total. The molecule has 2 fully saturated rings. The first-order valence-corrected chi connectivity index (χ1v) is 16.3. The molecule has 34 heavy (non-hydrogen) atoms. The van der Waals surface area contributed by atoms with Crippen LogP contribution in [0.1, 0.15) is 67.2 Å². The number of aryl methyl sites for hydroxylation is 1. The van der Waals surface area contributed by atoms with E-state index < -0.39 is 46.8 Å². The lowest BCUT2D eigenvalue weighted by Gasteiger charge is -2.54. The molecular formula is C23H42N2O7Si2. The van der Waals surface area contributed by atoms with Gasteiger partial charge in [0.1, 0.15) is 6.10 Å². The summed E-state index contributed by atoms with van der Waals surface area (Å²) in [5.41, 5.74) is -0.0392. The number of aliphatic hydroxyl groups excluding tert-OH is 1. The van der Waals surface area contributed by atoms with E-state index in [0.29, 0.717) is 12.2 Å². The maximum Gasteiger partial charge on any atom is 0.335 e. The van der Waals surface area contributed by atoms with Crippen molar-refractivity contribution in [2.45, 2.75) is 103 Å². The highest BCUT2D eigenvalue weighted by Gasteiger charge is 2.60. The van der Waals surface area contributed by atoms with Gasteiger partial charge in [0.2, 0.25) is 0 Å². The van der Waals surface area contributed by atoms with E-state index in [0.717, 1.165) is 0 Å². The largest absolute Gasteiger partial charge is 0.414 e. The molecule has 1 aromatic rings. The van der Waals surface area contributed by atoms with Crippen LogP contribution < -0.4 is 11.2 Å². The van der Waals surface area contributed by atoms with Crippen molar-refractivity contribution in [3.05, 3.63) is 32.6 Å². The normalized spacial score (nSPS) is 29.4. The third kappa shape index (κ3) is 4.68. The molecular weight excluding hydrogens is 472 g/mol. The van der Waals surface area contributed by atoms with Gasteiger partial charge in [0.25, 0.3) is 5.56 Å². The highest BCUT2D eigenvalue weighted by atomic mass is 28.5. The number of aromatic nitrogens is 2. The Morgan fingerprint density at radius 1 is 0.971 bits per heavy atom. The molecule has 2 aliphatic heterocycles. The lowest BCUT2D eigenvalue weighted by molar-refractivity contribution is -0.200. The molecule has 2 aliphatic rings. The number of rotatable bonds is 5. The van der Waals surface area contributed by atoms with E-state index in [1.807, 2.05) is 0 Å². The number of nitrogens with zero attached hydrogens (tertiary/aromatic N) is 1. The number of ether oxygens (including phenoxy) is 1. The minimum atomic E-state index is -2.92. The van der Waals surface area contributed by atoms with Crippen LogP contribution in [0, 0.1) is 12.8 Å². The molecule has 0 bridgehead atoms. The van der Waals surface area contributed by atoms with Crippen molar-refractivity contribution in [1.82, 2.24) is 9.55 Å². The van der Waals surface area contributed by atoms with Crippen LogP contribution in [0.15, 0.2) is 15.8 Å². The zero-order valence-corrected chi connectivity index (χ0v) is 24.0. The summed E-state index contributed by atoms with van der Waals surface area (Å²) in [5, 5.41) is 11.5. The molecule has 0 aromatic carbocycles. The Morgan fingerprint density at radius 3 is 2.06 bits per heavy atom. The second-order valence-corrected chi connectivity index (χ2v) is 19.9. The summed E-state index contributed by atoms with van der Waals surface area (Å²) in [6, 6.07) is 0. The Labute approximate surface area is 204 Å². The second kappa shape index (κ2) is 10.1. The average Bonchev–Trinajstić information content (AvgIpc) is 2.72. The molecule has 0 radical (unpaired) electrons. The highest BCUT2D eigenvalue weighted by molar-refractivity contribution is 6.83. The lowest BCUT2D eigenvalue weighted by Crippen LogP contribution is -2.67. The zero-order chi connectivity index (χ0) is 25.6. The van der Waals surface area contributed by atoms with E-state index in [1.165, 1.54) is 10.8 Å². The minimum Gasteiger partial charge on any atom is -0.414 e. The number of nitrogens with one attached hydrogen (secondary N) is 1. The predicted molar refractivity (Wildman–Crippen MR) is 134 cm³/mol. The van der Waals surface area contributed by atoms with Crippen molar-refractivity contribution in [3.63, 3.8) is 0 Å². The second-order valence-electron chi connectivity index (χ2n) is 11.0. The number of aromatic amines is 1. The molecule has 11 heteroatoms. The minimum absolute atomic E-state index is 0.116. The summed E-state index contributed by atoms with van der Waals surface area (Å²) in [5.74, 6) is -0.205. The van der Waals surface area contributed by atoms with Gasteiger partial charge < -0.3 is 22.8 Å². The number of hydrogen-bond acceptors (Lipinski definition) is 7. The highest BCUT2D eigenvalue weighted by Crippen LogP contribution is 2.48. The van der Waals surface area contributed by atoms with Crippen LogP contribution >= 0.6 is 0 Å². The van der Waals surface area contributed by atoms with Gasteiger partial charge in [-0.15, -0.1) is 0 Å². The summed E-state index contributed by atoms with van der Waals surface area (Å²) in [7, 11) is -5.60. The third-order valence-corrected chi connectivity index (χ3v) is 17.6. The first-order chi connectivity index (χ1) is 15.8. The fourth-order valence-electron chi connectivity index (χ4n) is 5.35. The van der Waals surface area contributed by atoms with Gasteiger partial charge in [-0.1, -0.05) is 55.4 Å². The van der Waals surface area contributed by atoms with Crippen LogP contribution in [0.25, 0.3) is 0 Å². The van der Waals surface area contributed by atoms with Gasteiger partial charge in [-0.3, -0.25) is 14.3 Å². The molecule has 0 amide bonds. The van der Waals surface area contributed by atoms with E-state index in [4.69, 9.17) is 17.7 Å². The molecule has 194 valence electrons. The lowest BCUT2D eigenvalue weighted by atomic mass is 9.95. The van der Waals surface area contributed by atoms with Crippen molar-refractivity contribution in [2.24, 2.45) is 5.92 Å². The standard InChI is InChI=1S/C23H42N2O7Si2/c1-13(2)33(14(3)4)30-12-18-11-29-22(25-10-17(9)21(27)24-23(25)28)19(26)20(18)31-34(32-33,15(5)6)16(7)8/h10,13-16,18-20,22,26H,11-12H2,1-9H3,(H,24,27,28)/t18-,19-,20-,22-/m1/s1. The first-order valence-electron chi connectivity index (χ1n) is 12.4. The third-order valence-electron chi connectivity index (χ3n) is 7.38. The van der Waals surface area contributed by atoms with Gasteiger partial charge in [-0.25, -0.2) is 4.79 Å². The monoisotopic (exact) mass is 514 g/mol. The van der Waals surface area contributed by atoms with Gasteiger partial charge >= 0.3 is 22.8 Å². The van der Waals surface area contributed by atoms with Crippen LogP contribution in [0.5, 0.6) is 0 Å². The molecule has 0 aliphatic carbocycles. The van der Waals surface area contributed by atoms with Crippen LogP contribution in [-0.4, -0.2) is 57.2 Å². The van der Waals surface area contributed by atoms with Gasteiger partial charge in [0.15, 0.2) is 6.23 Å². The van der Waals surface area contributed by atoms with Gasteiger partial charge in [-0.05, 0) is 29.1 Å². The predicted octanol–water partition coefficient (Wildman–Crippen LogP) is 3.31. The zero-order valence-electron chi connectivity index (χ0n) is 22.0. The van der Waals surface area contributed by atoms with Crippen molar-refractivity contribution < 1.29 is 22.8 Å². The van der Waals surface area contributed by atoms with E-state index in [-0.39, 0.29) is 34.7 Å². The van der Waals surface area contributed by atoms with E-state index in [1.54, 1.807) is 6.92 Å². The fraction of sp³-hybridized carbons (Fsp3) is 0.826. The Balaban J connectivity index is 2.07. The molecule has 3 rings (SSSR count). The van der Waals surface area contributed by atoms with Crippen molar-refractivity contribution in [2.75, 3.05) is 13.2 Å². The summed E-state index contributed by atoms with van der Waals surface area (Å²) in [6.07, 6.45) is -1.31. The smallest absolute Gasteiger partial charge is 0.335 e. The van der Waals surface area contributed by atoms with Crippen LogP contribution in [-0.2, 0) is 17.7 Å². The molecule has 1 aromatic heterocycles. The molecule has 0 unspecified atom stereocenters. The Bertz CT molecular complexity index is 959. The maximum atomic E-state index is 12.5. The summed E-state index contributed by atoms with van der Waals surface area (Å²) in [6.45, 7) is 19.4. The summed E-state index contributed by atoms with van der Waals surface area (Å²) in [4.78, 5) is 26.7. The molecule has 2 saturated heterocycles. The van der Waals surface area contributed by atoms with E-state index in [2.05, 4.69) is 60.4 Å². The average molecular weight is 515 g/mol. The maximum absolute atomic E-state index is 12.5. The van der Waals surface area contributed by atoms with Crippen molar-refractivity contribution in [1.29, 1.82) is 0 Å². The van der Waals surface area contributed by atoms with Crippen LogP contribution in [0.4, 0.5) is 0 Å². The Kier molecular flexibility index (Phi) is 8.18. The SMILES string of the molecule is Cc1cn([C@@H]2OC[C@@H]3CO[Si](C(C)C)(C(C)C)O[Si](C(C)C)(C(C)C)O[C@H]3[C@H]2O)c(=O)[nH]c1=O. The van der Waals surface area contributed by atoms with Gasteiger partial charge in [-0.2, -0.15) is 0 Å². The quantitative estimate of drug-likeness (QED) is 0.580. The molecule has 4 atom stereocenters. The van der Waals surface area contributed by atoms with Crippen molar-refractivity contribution in [3.8, 4) is 0 Å². The van der Waals surface area contributed by atoms with E-state index >= 15 is 0 Å². The fourth-order valence-corrected chi connectivity index (χ4v) is 16.7. The molecule has 2 N–H and O–H groups in total. The number of fused-ring (bicyclic) bond motifs is 1. The summed E-state index contributed by atoms with van der Waals surface area (Å²) < 4.78 is 28.1. The number of aliphatic hydroxyl groups is 1. The number of hydrogen-bond donors (Lipinski definition) is 2. The molecule has 0 saturated carbocycles. The Morgan fingerprint density at radius 2 is 1.53 bits per heavy atom. The summed E-state index contributed by atoms with van der Waals surface area (Å²) >= 11 is 0. The van der Waals surface area contributed by atoms with E-state index in [9.17, 15) is 14.7 Å². The molecule has 0 spiro atoms.